The largest absolute Gasteiger partial charge is 0.372 e. The van der Waals surface area contributed by atoms with Crippen LogP contribution in [-0.2, 0) is 6.54 Å². The third kappa shape index (κ3) is 6.28. The molecule has 0 spiro atoms. The van der Waals surface area contributed by atoms with Crippen molar-refractivity contribution >= 4 is 35.6 Å². The van der Waals surface area contributed by atoms with Crippen LogP contribution in [0.1, 0.15) is 50.7 Å². The molecule has 1 aliphatic rings. The molecule has 29 heavy (non-hydrogen) atoms. The fourth-order valence-corrected chi connectivity index (χ4v) is 3.37. The fourth-order valence-electron chi connectivity index (χ4n) is 3.37. The van der Waals surface area contributed by atoms with Gasteiger partial charge in [0.2, 0.25) is 0 Å². The maximum atomic E-state index is 13.0. The number of nitrogens with zero attached hydrogens (tertiary/aromatic N) is 4. The number of alkyl halides is 2. The second-order valence-corrected chi connectivity index (χ2v) is 6.88. The van der Waals surface area contributed by atoms with Crippen molar-refractivity contribution in [2.45, 2.75) is 45.8 Å². The summed E-state index contributed by atoms with van der Waals surface area (Å²) in [6.07, 6.45) is 5.11. The Balaban J connectivity index is 0.00000300. The summed E-state index contributed by atoms with van der Waals surface area (Å²) in [4.78, 5) is 10.8. The first-order valence-electron chi connectivity index (χ1n) is 9.78. The zero-order valence-electron chi connectivity index (χ0n) is 16.8. The quantitative estimate of drug-likeness (QED) is 0.326. The molecule has 0 bridgehead atoms. The zero-order valence-corrected chi connectivity index (χ0v) is 19.1. The maximum Gasteiger partial charge on any atom is 0.319 e. The lowest BCUT2D eigenvalue weighted by Crippen LogP contribution is -2.38. The Morgan fingerprint density at radius 2 is 2.03 bits per heavy atom. The molecule has 1 aliphatic heterocycles. The van der Waals surface area contributed by atoms with E-state index in [4.69, 9.17) is 0 Å². The molecule has 1 fully saturated rings. The van der Waals surface area contributed by atoms with Crippen LogP contribution < -0.4 is 15.5 Å². The minimum absolute atomic E-state index is 0. The van der Waals surface area contributed by atoms with Gasteiger partial charge in [-0.3, -0.25) is 4.57 Å². The molecule has 6 nitrogen and oxygen atoms in total. The summed E-state index contributed by atoms with van der Waals surface area (Å²) in [5, 5.41) is 6.53. The summed E-state index contributed by atoms with van der Waals surface area (Å²) in [7, 11) is 0. The lowest BCUT2D eigenvalue weighted by molar-refractivity contribution is 0.0671. The monoisotopic (exact) mass is 518 g/mol. The predicted octanol–water partition coefficient (Wildman–Crippen LogP) is 4.31. The van der Waals surface area contributed by atoms with Crippen LogP contribution in [0.3, 0.4) is 0 Å². The lowest BCUT2D eigenvalue weighted by Gasteiger charge is -2.22. The number of anilines is 1. The Bertz CT molecular complexity index is 789. The average Bonchev–Trinajstić information content (AvgIpc) is 3.38. The van der Waals surface area contributed by atoms with Crippen molar-refractivity contribution in [1.82, 2.24) is 20.2 Å². The van der Waals surface area contributed by atoms with Gasteiger partial charge in [-0.15, -0.1) is 24.0 Å². The lowest BCUT2D eigenvalue weighted by atomic mass is 10.1. The first-order chi connectivity index (χ1) is 13.6. The molecule has 1 unspecified atom stereocenters. The molecule has 9 heteroatoms. The van der Waals surface area contributed by atoms with Gasteiger partial charge in [-0.1, -0.05) is 12.1 Å². The number of nitrogens with one attached hydrogen (secondary N) is 2. The van der Waals surface area contributed by atoms with E-state index in [9.17, 15) is 8.78 Å². The van der Waals surface area contributed by atoms with Crippen molar-refractivity contribution in [2.24, 2.45) is 4.99 Å². The van der Waals surface area contributed by atoms with E-state index in [1.165, 1.54) is 30.9 Å². The van der Waals surface area contributed by atoms with E-state index >= 15 is 0 Å². The molecular weight excluding hydrogens is 489 g/mol. The van der Waals surface area contributed by atoms with Gasteiger partial charge in [0.15, 0.2) is 5.96 Å². The van der Waals surface area contributed by atoms with Crippen molar-refractivity contribution in [3.8, 4) is 0 Å². The predicted molar refractivity (Wildman–Crippen MR) is 123 cm³/mol. The average molecular weight is 518 g/mol. The third-order valence-corrected chi connectivity index (χ3v) is 4.88. The van der Waals surface area contributed by atoms with Crippen molar-refractivity contribution in [3.63, 3.8) is 0 Å². The van der Waals surface area contributed by atoms with Crippen molar-refractivity contribution in [1.29, 1.82) is 0 Å². The van der Waals surface area contributed by atoms with E-state index in [1.807, 2.05) is 6.92 Å². The number of hydrogen-bond donors (Lipinski definition) is 2. The van der Waals surface area contributed by atoms with Gasteiger partial charge in [0.05, 0.1) is 6.04 Å². The minimum Gasteiger partial charge on any atom is -0.372 e. The summed E-state index contributed by atoms with van der Waals surface area (Å²) >= 11 is 0. The fraction of sp³-hybridized carbons (Fsp3) is 0.500. The Hall–Kier alpha value is -1.91. The molecular formula is C20H29F2IN6. The van der Waals surface area contributed by atoms with Gasteiger partial charge in [-0.2, -0.15) is 8.78 Å². The maximum absolute atomic E-state index is 13.0. The van der Waals surface area contributed by atoms with Crippen molar-refractivity contribution in [2.75, 3.05) is 24.5 Å². The molecule has 2 N–H and O–H groups in total. The van der Waals surface area contributed by atoms with Crippen LogP contribution in [0.4, 0.5) is 14.5 Å². The standard InChI is InChI=1S/C20H28F2N6.HI/c1-3-23-20(25-14-18-24-9-12-28(18)19(21)22)26-15(2)16-7-6-8-17(13-16)27-10-4-5-11-27;/h6-9,12-13,15,19H,3-5,10-11,14H2,1-2H3,(H2,23,25,26);1H. The Kier molecular flexibility index (Phi) is 9.12. The molecule has 0 radical (unpaired) electrons. The second-order valence-electron chi connectivity index (χ2n) is 6.88. The van der Waals surface area contributed by atoms with Crippen LogP contribution in [0.5, 0.6) is 0 Å². The highest BCUT2D eigenvalue weighted by Crippen LogP contribution is 2.24. The number of aliphatic imine (C=N–C) groups is 1. The number of benzene rings is 1. The SMILES string of the molecule is CCNC(=NCc1nccn1C(F)F)NC(C)c1cccc(N2CCCC2)c1.I. The van der Waals surface area contributed by atoms with Crippen LogP contribution in [0.2, 0.25) is 0 Å². The molecule has 160 valence electrons. The number of imidazole rings is 1. The van der Waals surface area contributed by atoms with Gasteiger partial charge < -0.3 is 15.5 Å². The summed E-state index contributed by atoms with van der Waals surface area (Å²) in [5.74, 6) is 0.807. The highest BCUT2D eigenvalue weighted by Gasteiger charge is 2.15. The topological polar surface area (TPSA) is 57.5 Å². The Morgan fingerprint density at radius 3 is 2.72 bits per heavy atom. The van der Waals surface area contributed by atoms with E-state index in [2.05, 4.69) is 56.7 Å². The summed E-state index contributed by atoms with van der Waals surface area (Å²) in [6, 6.07) is 8.53. The molecule has 1 saturated heterocycles. The van der Waals surface area contributed by atoms with Gasteiger partial charge in [0, 0.05) is 37.7 Å². The second kappa shape index (κ2) is 11.3. The van der Waals surface area contributed by atoms with E-state index in [-0.39, 0.29) is 42.4 Å². The van der Waals surface area contributed by atoms with E-state index in [0.29, 0.717) is 12.5 Å². The molecule has 2 aromatic rings. The van der Waals surface area contributed by atoms with Crippen LogP contribution >= 0.6 is 24.0 Å². The highest BCUT2D eigenvalue weighted by molar-refractivity contribution is 14.0. The van der Waals surface area contributed by atoms with Crippen LogP contribution in [0, 0.1) is 0 Å². The number of halogens is 3. The van der Waals surface area contributed by atoms with Gasteiger partial charge >= 0.3 is 6.55 Å². The summed E-state index contributed by atoms with van der Waals surface area (Å²) < 4.78 is 26.8. The number of guanidine groups is 1. The first kappa shape index (κ1) is 23.4. The van der Waals surface area contributed by atoms with Gasteiger partial charge in [-0.25, -0.2) is 9.98 Å². The van der Waals surface area contributed by atoms with Gasteiger partial charge in [0.1, 0.15) is 12.4 Å². The van der Waals surface area contributed by atoms with Crippen molar-refractivity contribution in [3.05, 3.63) is 48.0 Å². The van der Waals surface area contributed by atoms with Gasteiger partial charge in [-0.05, 0) is 44.4 Å². The minimum atomic E-state index is -2.62. The Labute approximate surface area is 187 Å². The van der Waals surface area contributed by atoms with E-state index < -0.39 is 6.55 Å². The molecule has 1 aromatic heterocycles. The number of hydrogen-bond acceptors (Lipinski definition) is 3. The molecule has 0 amide bonds. The van der Waals surface area contributed by atoms with Crippen LogP contribution in [0.15, 0.2) is 41.7 Å². The van der Waals surface area contributed by atoms with Crippen LogP contribution in [-0.4, -0.2) is 35.1 Å². The zero-order chi connectivity index (χ0) is 19.9. The molecule has 0 aliphatic carbocycles. The number of rotatable bonds is 7. The smallest absolute Gasteiger partial charge is 0.319 e. The van der Waals surface area contributed by atoms with E-state index in [0.717, 1.165) is 23.2 Å². The molecule has 3 rings (SSSR count). The number of aromatic nitrogens is 2. The van der Waals surface area contributed by atoms with Crippen LogP contribution in [0.25, 0.3) is 0 Å². The van der Waals surface area contributed by atoms with Crippen molar-refractivity contribution < 1.29 is 8.78 Å². The molecule has 2 heterocycles. The third-order valence-electron chi connectivity index (χ3n) is 4.88. The van der Waals surface area contributed by atoms with Gasteiger partial charge in [0.25, 0.3) is 0 Å². The first-order valence-corrected chi connectivity index (χ1v) is 9.78. The van der Waals surface area contributed by atoms with E-state index in [1.54, 1.807) is 0 Å². The highest BCUT2D eigenvalue weighted by atomic mass is 127. The Morgan fingerprint density at radius 1 is 1.28 bits per heavy atom. The molecule has 1 atom stereocenters. The summed E-state index contributed by atoms with van der Waals surface area (Å²) in [5.41, 5.74) is 2.40. The normalized spacial score (nSPS) is 15.3. The molecule has 0 saturated carbocycles. The summed E-state index contributed by atoms with van der Waals surface area (Å²) in [6.45, 7) is 4.38. The molecule has 1 aromatic carbocycles.